The molecular formula is C31H57NO8. The number of unbranched alkanes of at least 4 members (excludes halogenated alkanes) is 1. The lowest BCUT2D eigenvalue weighted by atomic mass is 9.90. The molecule has 0 heterocycles. The second kappa shape index (κ2) is 21.1. The summed E-state index contributed by atoms with van der Waals surface area (Å²) in [6.45, 7) is 16.4. The summed E-state index contributed by atoms with van der Waals surface area (Å²) in [4.78, 5) is 51.3. The van der Waals surface area contributed by atoms with Gasteiger partial charge in [0, 0.05) is 44.1 Å². The molecule has 1 amide bonds. The maximum absolute atomic E-state index is 13.3. The van der Waals surface area contributed by atoms with Crippen LogP contribution >= 0.6 is 0 Å². The van der Waals surface area contributed by atoms with E-state index in [0.29, 0.717) is 38.9 Å². The average Bonchev–Trinajstić information content (AvgIpc) is 2.89. The molecule has 0 fully saturated rings. The predicted molar refractivity (Wildman–Crippen MR) is 156 cm³/mol. The molecule has 0 aromatic carbocycles. The van der Waals surface area contributed by atoms with E-state index in [0.717, 1.165) is 0 Å². The fourth-order valence-electron chi connectivity index (χ4n) is 3.90. The van der Waals surface area contributed by atoms with Crippen molar-refractivity contribution in [3.8, 4) is 0 Å². The predicted octanol–water partition coefficient (Wildman–Crippen LogP) is 4.67. The molecule has 234 valence electrons. The Kier molecular flexibility index (Phi) is 20.2. The van der Waals surface area contributed by atoms with Crippen molar-refractivity contribution in [1.29, 1.82) is 0 Å². The van der Waals surface area contributed by atoms with Gasteiger partial charge in [-0.05, 0) is 26.7 Å². The Balaban J connectivity index is 5.61. The van der Waals surface area contributed by atoms with Crippen LogP contribution in [0, 0.1) is 17.8 Å². The number of rotatable bonds is 25. The summed E-state index contributed by atoms with van der Waals surface area (Å²) in [5.41, 5.74) is -0.850. The summed E-state index contributed by atoms with van der Waals surface area (Å²) in [6, 6.07) is 0. The molecule has 0 rings (SSSR count). The van der Waals surface area contributed by atoms with E-state index >= 15 is 0 Å². The second-order valence-electron chi connectivity index (χ2n) is 11.8. The van der Waals surface area contributed by atoms with Gasteiger partial charge in [0.1, 0.15) is 24.0 Å². The van der Waals surface area contributed by atoms with Gasteiger partial charge in [0.25, 0.3) is 0 Å². The van der Waals surface area contributed by atoms with Gasteiger partial charge in [0.15, 0.2) is 0 Å². The van der Waals surface area contributed by atoms with Gasteiger partial charge in [-0.1, -0.05) is 48.0 Å². The van der Waals surface area contributed by atoms with Crippen molar-refractivity contribution < 1.29 is 38.1 Å². The molecule has 0 aromatic rings. The molecule has 0 saturated carbocycles. The minimum Gasteiger partial charge on any atom is -0.378 e. The molecule has 0 bridgehead atoms. The van der Waals surface area contributed by atoms with Crippen molar-refractivity contribution in [1.82, 2.24) is 4.90 Å². The summed E-state index contributed by atoms with van der Waals surface area (Å²) in [5.74, 6) is 0.0369. The van der Waals surface area contributed by atoms with Crippen LogP contribution in [0.1, 0.15) is 93.9 Å². The van der Waals surface area contributed by atoms with Crippen LogP contribution in [-0.4, -0.2) is 93.1 Å². The Labute approximate surface area is 243 Å². The van der Waals surface area contributed by atoms with Crippen molar-refractivity contribution >= 4 is 23.3 Å². The lowest BCUT2D eigenvalue weighted by Gasteiger charge is -2.42. The molecule has 0 saturated heterocycles. The molecule has 9 heteroatoms. The van der Waals surface area contributed by atoms with Gasteiger partial charge in [-0.3, -0.25) is 19.2 Å². The van der Waals surface area contributed by atoms with Crippen LogP contribution < -0.4 is 0 Å². The molecule has 0 atom stereocenters. The molecule has 0 aromatic heterocycles. The summed E-state index contributed by atoms with van der Waals surface area (Å²) in [5, 5.41) is 0. The number of amides is 1. The number of ether oxygens (including phenoxy) is 4. The van der Waals surface area contributed by atoms with Crippen LogP contribution in [0.15, 0.2) is 0 Å². The number of likely N-dealkylation sites (N-methyl/N-ethyl adjacent to an activating group) is 1. The number of carbonyl (C=O) groups excluding carboxylic acids is 4. The van der Waals surface area contributed by atoms with E-state index < -0.39 is 5.54 Å². The summed E-state index contributed by atoms with van der Waals surface area (Å²) in [6.07, 6.45) is 3.03. The Morgan fingerprint density at radius 3 is 1.55 bits per heavy atom. The van der Waals surface area contributed by atoms with Gasteiger partial charge in [-0.15, -0.1) is 0 Å². The van der Waals surface area contributed by atoms with E-state index in [9.17, 15) is 19.2 Å². The highest BCUT2D eigenvalue weighted by atomic mass is 16.5. The minimum atomic E-state index is -0.850. The summed E-state index contributed by atoms with van der Waals surface area (Å²) < 4.78 is 23.1. The third-order valence-electron chi connectivity index (χ3n) is 6.96. The molecule has 0 aliphatic rings. The lowest BCUT2D eigenvalue weighted by molar-refractivity contribution is -0.149. The van der Waals surface area contributed by atoms with E-state index in [-0.39, 0.29) is 93.0 Å². The van der Waals surface area contributed by atoms with E-state index in [4.69, 9.17) is 18.9 Å². The van der Waals surface area contributed by atoms with Crippen molar-refractivity contribution in [2.75, 3.05) is 53.3 Å². The average molecular weight is 572 g/mol. The van der Waals surface area contributed by atoms with E-state index in [1.165, 1.54) is 0 Å². The van der Waals surface area contributed by atoms with Gasteiger partial charge < -0.3 is 23.8 Å². The third-order valence-corrected chi connectivity index (χ3v) is 6.96. The Morgan fingerprint density at radius 2 is 1.10 bits per heavy atom. The zero-order valence-electron chi connectivity index (χ0n) is 26.7. The number of hydrogen-bond donors (Lipinski definition) is 0. The van der Waals surface area contributed by atoms with Crippen LogP contribution in [0.4, 0.5) is 0 Å². The molecule has 0 radical (unpaired) electrons. The first-order chi connectivity index (χ1) is 18.7. The highest BCUT2D eigenvalue weighted by Crippen LogP contribution is 2.25. The first kappa shape index (κ1) is 38.3. The Bertz CT molecular complexity index is 678. The first-order valence-corrected chi connectivity index (χ1v) is 14.9. The molecule has 9 nitrogen and oxygen atoms in total. The fraction of sp³-hybridized carbons (Fsp3) is 0.871. The van der Waals surface area contributed by atoms with E-state index in [2.05, 4.69) is 0 Å². The van der Waals surface area contributed by atoms with Gasteiger partial charge in [0.05, 0.1) is 51.3 Å². The topological polar surface area (TPSA) is 108 Å². The largest absolute Gasteiger partial charge is 0.378 e. The van der Waals surface area contributed by atoms with Gasteiger partial charge >= 0.3 is 0 Å². The highest BCUT2D eigenvalue weighted by Gasteiger charge is 2.38. The molecule has 0 aliphatic heterocycles. The van der Waals surface area contributed by atoms with Crippen molar-refractivity contribution in [3.05, 3.63) is 0 Å². The van der Waals surface area contributed by atoms with Crippen LogP contribution in [0.5, 0.6) is 0 Å². The molecule has 40 heavy (non-hydrogen) atoms. The zero-order valence-corrected chi connectivity index (χ0v) is 26.7. The van der Waals surface area contributed by atoms with E-state index in [1.54, 1.807) is 11.9 Å². The Morgan fingerprint density at radius 1 is 0.625 bits per heavy atom. The quantitative estimate of drug-likeness (QED) is 0.145. The van der Waals surface area contributed by atoms with Crippen molar-refractivity contribution in [2.45, 2.75) is 106 Å². The maximum Gasteiger partial charge on any atom is 0.248 e. The van der Waals surface area contributed by atoms with Gasteiger partial charge in [0.2, 0.25) is 5.91 Å². The molecule has 0 spiro atoms. The number of hydrogen-bond acceptors (Lipinski definition) is 8. The number of nitrogens with zero attached hydrogens (tertiary/aromatic N) is 1. The van der Waals surface area contributed by atoms with Crippen molar-refractivity contribution in [2.24, 2.45) is 17.8 Å². The number of ketones is 3. The van der Waals surface area contributed by atoms with E-state index in [1.807, 2.05) is 55.4 Å². The normalized spacial score (nSPS) is 12.1. The lowest BCUT2D eigenvalue weighted by Crippen LogP contribution is -2.57. The van der Waals surface area contributed by atoms with Gasteiger partial charge in [-0.2, -0.15) is 0 Å². The van der Waals surface area contributed by atoms with Crippen LogP contribution in [-0.2, 0) is 38.1 Å². The van der Waals surface area contributed by atoms with Crippen LogP contribution in [0.2, 0.25) is 0 Å². The van der Waals surface area contributed by atoms with Gasteiger partial charge in [-0.25, -0.2) is 0 Å². The highest BCUT2D eigenvalue weighted by molar-refractivity contribution is 5.81. The smallest absolute Gasteiger partial charge is 0.248 e. The monoisotopic (exact) mass is 571 g/mol. The SMILES string of the molecule is CC(C)OCCOCC(=O)N(C)C(CCCCC(=O)C(C)C)(COCCC(=O)C(C)C)COCCC(=O)C(C)C. The first-order valence-electron chi connectivity index (χ1n) is 14.9. The molecular weight excluding hydrogens is 514 g/mol. The number of carbonyl (C=O) groups is 4. The minimum absolute atomic E-state index is 0.0190. The fourth-order valence-corrected chi connectivity index (χ4v) is 3.90. The molecule has 0 aliphatic carbocycles. The molecule has 0 N–H and O–H groups in total. The third kappa shape index (κ3) is 16.6. The van der Waals surface area contributed by atoms with Crippen molar-refractivity contribution in [3.63, 3.8) is 0 Å². The second-order valence-corrected chi connectivity index (χ2v) is 11.8. The summed E-state index contributed by atoms with van der Waals surface area (Å²) in [7, 11) is 1.71. The summed E-state index contributed by atoms with van der Waals surface area (Å²) >= 11 is 0. The maximum atomic E-state index is 13.3. The Hall–Kier alpha value is -1.68. The molecule has 0 unspecified atom stereocenters. The van der Waals surface area contributed by atoms with Crippen LogP contribution in [0.25, 0.3) is 0 Å². The standard InChI is InChI=1S/C31H57NO8/c1-23(2)27(33)12-10-11-15-31(21-38-16-13-28(34)24(3)4,22-39-17-14-29(35)25(5)6)32(9)30(36)20-37-18-19-40-26(7)8/h23-26H,10-22H2,1-9H3. The zero-order chi connectivity index (χ0) is 30.7. The van der Waals surface area contributed by atoms with Crippen LogP contribution in [0.3, 0.4) is 0 Å². The number of Topliss-reactive ketones (excluding diaryl/α,β-unsaturated/α-hetero) is 3.